The molecular weight excluding hydrogens is 498 g/mol. The molecule has 3 aromatic carbocycles. The minimum atomic E-state index is -0.573. The van der Waals surface area contributed by atoms with Crippen molar-refractivity contribution in [2.24, 2.45) is 0 Å². The molecule has 172 valence electrons. The molecule has 0 bridgehead atoms. The Labute approximate surface area is 206 Å². The molecule has 0 saturated heterocycles. The lowest BCUT2D eigenvalue weighted by Gasteiger charge is -2.11. The highest BCUT2D eigenvalue weighted by molar-refractivity contribution is 9.10. The van der Waals surface area contributed by atoms with Crippen molar-refractivity contribution in [3.8, 4) is 17.6 Å². The van der Waals surface area contributed by atoms with Crippen molar-refractivity contribution in [1.82, 2.24) is 0 Å². The van der Waals surface area contributed by atoms with E-state index in [9.17, 15) is 14.9 Å². The van der Waals surface area contributed by atoms with Crippen molar-refractivity contribution in [1.29, 1.82) is 5.26 Å². The van der Waals surface area contributed by atoms with Crippen LogP contribution in [-0.4, -0.2) is 25.5 Å². The summed E-state index contributed by atoms with van der Waals surface area (Å²) in [5.41, 5.74) is 2.62. The molecule has 0 aliphatic heterocycles. The minimum absolute atomic E-state index is 0.122. The highest BCUT2D eigenvalue weighted by Gasteiger charge is 2.13. The fourth-order valence-corrected chi connectivity index (χ4v) is 3.30. The highest BCUT2D eigenvalue weighted by Crippen LogP contribution is 2.26. The number of rotatable bonds is 8. The van der Waals surface area contributed by atoms with Gasteiger partial charge in [-0.05, 0) is 67.6 Å². The average molecular weight is 520 g/mol. The van der Waals surface area contributed by atoms with Crippen molar-refractivity contribution in [3.05, 3.63) is 87.9 Å². The number of amides is 2. The molecule has 0 radical (unpaired) electrons. The number of nitrogens with zero attached hydrogens (tertiary/aromatic N) is 1. The van der Waals surface area contributed by atoms with Crippen LogP contribution < -0.4 is 20.1 Å². The molecule has 2 N–H and O–H groups in total. The number of anilines is 2. The van der Waals surface area contributed by atoms with Crippen LogP contribution in [0, 0.1) is 18.3 Å². The summed E-state index contributed by atoms with van der Waals surface area (Å²) in [5, 5.41) is 15.0. The largest absolute Gasteiger partial charge is 0.497 e. The van der Waals surface area contributed by atoms with Gasteiger partial charge in [0.05, 0.1) is 7.11 Å². The maximum absolute atomic E-state index is 12.6. The lowest BCUT2D eigenvalue weighted by molar-refractivity contribution is -0.118. The summed E-state index contributed by atoms with van der Waals surface area (Å²) >= 11 is 3.38. The summed E-state index contributed by atoms with van der Waals surface area (Å²) in [6.45, 7) is 1.72. The Balaban J connectivity index is 1.72. The van der Waals surface area contributed by atoms with Gasteiger partial charge in [-0.3, -0.25) is 9.59 Å². The quantitative estimate of drug-likeness (QED) is 0.309. The van der Waals surface area contributed by atoms with Crippen molar-refractivity contribution in [3.63, 3.8) is 0 Å². The van der Waals surface area contributed by atoms with Gasteiger partial charge in [0.2, 0.25) is 0 Å². The fraction of sp³-hybridized carbons (Fsp3) is 0.115. The first-order chi connectivity index (χ1) is 16.4. The second kappa shape index (κ2) is 11.7. The molecule has 0 aliphatic carbocycles. The van der Waals surface area contributed by atoms with Gasteiger partial charge in [0.15, 0.2) is 6.61 Å². The molecule has 0 spiro atoms. The molecule has 2 amide bonds. The van der Waals surface area contributed by atoms with Gasteiger partial charge < -0.3 is 20.1 Å². The van der Waals surface area contributed by atoms with Gasteiger partial charge in [-0.1, -0.05) is 33.6 Å². The number of halogens is 1. The molecule has 0 fully saturated rings. The van der Waals surface area contributed by atoms with Gasteiger partial charge >= 0.3 is 0 Å². The van der Waals surface area contributed by atoms with Gasteiger partial charge in [0, 0.05) is 21.4 Å². The second-order valence-corrected chi connectivity index (χ2v) is 8.15. The zero-order valence-corrected chi connectivity index (χ0v) is 20.2. The van der Waals surface area contributed by atoms with Gasteiger partial charge in [0.1, 0.15) is 23.1 Å². The summed E-state index contributed by atoms with van der Waals surface area (Å²) < 4.78 is 11.5. The summed E-state index contributed by atoms with van der Waals surface area (Å²) in [5.74, 6) is 0.0961. The monoisotopic (exact) mass is 519 g/mol. The molecule has 8 heteroatoms. The summed E-state index contributed by atoms with van der Waals surface area (Å²) in [6, 6.07) is 21.2. The van der Waals surface area contributed by atoms with E-state index in [1.807, 2.05) is 37.3 Å². The zero-order chi connectivity index (χ0) is 24.5. The third-order valence-electron chi connectivity index (χ3n) is 4.68. The van der Waals surface area contributed by atoms with E-state index in [4.69, 9.17) is 9.47 Å². The van der Waals surface area contributed by atoms with E-state index in [0.29, 0.717) is 28.4 Å². The molecular formula is C26H22BrN3O4. The Hall–Kier alpha value is -4.09. The van der Waals surface area contributed by atoms with Gasteiger partial charge in [-0.25, -0.2) is 0 Å². The molecule has 0 aromatic heterocycles. The fourth-order valence-electron chi connectivity index (χ4n) is 2.92. The number of nitriles is 1. The maximum atomic E-state index is 12.6. The summed E-state index contributed by atoms with van der Waals surface area (Å²) in [7, 11) is 1.55. The third kappa shape index (κ3) is 6.95. The maximum Gasteiger partial charge on any atom is 0.266 e. The highest BCUT2D eigenvalue weighted by atomic mass is 79.9. The summed E-state index contributed by atoms with van der Waals surface area (Å²) in [4.78, 5) is 24.9. The Morgan fingerprint density at radius 1 is 1.00 bits per heavy atom. The Bertz CT molecular complexity index is 1250. The second-order valence-electron chi connectivity index (χ2n) is 7.24. The zero-order valence-electron chi connectivity index (χ0n) is 18.6. The van der Waals surface area contributed by atoms with E-state index in [0.717, 1.165) is 10.0 Å². The van der Waals surface area contributed by atoms with Gasteiger partial charge in [0.25, 0.3) is 11.8 Å². The van der Waals surface area contributed by atoms with Crippen LogP contribution in [0.4, 0.5) is 11.4 Å². The number of benzene rings is 3. The van der Waals surface area contributed by atoms with Crippen molar-refractivity contribution >= 4 is 45.2 Å². The van der Waals surface area contributed by atoms with Crippen molar-refractivity contribution in [2.75, 3.05) is 24.4 Å². The van der Waals surface area contributed by atoms with Crippen molar-refractivity contribution in [2.45, 2.75) is 6.92 Å². The number of hydrogen-bond acceptors (Lipinski definition) is 5. The number of aryl methyl sites for hydroxylation is 1. The lowest BCUT2D eigenvalue weighted by Crippen LogP contribution is -2.20. The van der Waals surface area contributed by atoms with E-state index in [1.54, 1.807) is 49.6 Å². The van der Waals surface area contributed by atoms with Crippen LogP contribution in [0.1, 0.15) is 11.1 Å². The predicted molar refractivity (Wildman–Crippen MR) is 135 cm³/mol. The van der Waals surface area contributed by atoms with Crippen LogP contribution in [0.3, 0.4) is 0 Å². The van der Waals surface area contributed by atoms with E-state index >= 15 is 0 Å². The van der Waals surface area contributed by atoms with Gasteiger partial charge in [-0.15, -0.1) is 0 Å². The van der Waals surface area contributed by atoms with E-state index in [2.05, 4.69) is 26.6 Å². The lowest BCUT2D eigenvalue weighted by atomic mass is 10.1. The van der Waals surface area contributed by atoms with Crippen LogP contribution >= 0.6 is 15.9 Å². The van der Waals surface area contributed by atoms with Crippen LogP contribution in [0.2, 0.25) is 0 Å². The van der Waals surface area contributed by atoms with Crippen molar-refractivity contribution < 1.29 is 19.1 Å². The summed E-state index contributed by atoms with van der Waals surface area (Å²) in [6.07, 6.45) is 1.41. The molecule has 0 unspecified atom stereocenters. The SMILES string of the molecule is COc1ccc(NC(=O)/C(C#N)=C/c2cc(Br)ccc2OCC(=O)Nc2ccc(C)cc2)cc1. The standard InChI is InChI=1S/C26H22BrN3O4/c1-17-3-6-21(7-4-17)29-25(31)16-34-24-12-5-20(27)14-18(24)13-19(15-28)26(32)30-22-8-10-23(33-2)11-9-22/h3-14H,16H2,1-2H3,(H,29,31)(H,30,32)/b19-13+. The first-order valence-electron chi connectivity index (χ1n) is 10.2. The molecule has 0 atom stereocenters. The number of carbonyl (C=O) groups excluding carboxylic acids is 2. The number of hydrogen-bond donors (Lipinski definition) is 2. The molecule has 7 nitrogen and oxygen atoms in total. The Morgan fingerprint density at radius 3 is 2.29 bits per heavy atom. The number of carbonyl (C=O) groups is 2. The molecule has 3 aromatic rings. The molecule has 34 heavy (non-hydrogen) atoms. The normalized spacial score (nSPS) is 10.7. The number of methoxy groups -OCH3 is 1. The van der Waals surface area contributed by atoms with Crippen LogP contribution in [0.15, 0.2) is 76.8 Å². The van der Waals surface area contributed by atoms with Crippen LogP contribution in [0.5, 0.6) is 11.5 Å². The first-order valence-corrected chi connectivity index (χ1v) is 11.0. The van der Waals surface area contributed by atoms with Crippen LogP contribution in [0.25, 0.3) is 6.08 Å². The van der Waals surface area contributed by atoms with E-state index < -0.39 is 5.91 Å². The number of nitrogens with one attached hydrogen (secondary N) is 2. The molecule has 3 rings (SSSR count). The average Bonchev–Trinajstić information content (AvgIpc) is 2.83. The Morgan fingerprint density at radius 2 is 1.65 bits per heavy atom. The first kappa shape index (κ1) is 24.6. The molecule has 0 aliphatic rings. The topological polar surface area (TPSA) is 100 Å². The molecule has 0 saturated carbocycles. The van der Waals surface area contributed by atoms with E-state index in [-0.39, 0.29) is 18.1 Å². The predicted octanol–water partition coefficient (Wildman–Crippen LogP) is 5.33. The van der Waals surface area contributed by atoms with E-state index in [1.165, 1.54) is 6.08 Å². The third-order valence-corrected chi connectivity index (χ3v) is 5.17. The molecule has 0 heterocycles. The van der Waals surface area contributed by atoms with Crippen LogP contribution in [-0.2, 0) is 9.59 Å². The smallest absolute Gasteiger partial charge is 0.266 e. The Kier molecular flexibility index (Phi) is 8.43. The minimum Gasteiger partial charge on any atom is -0.497 e. The number of ether oxygens (including phenoxy) is 2. The van der Waals surface area contributed by atoms with Gasteiger partial charge in [-0.2, -0.15) is 5.26 Å².